The van der Waals surface area contributed by atoms with Crippen molar-refractivity contribution >= 4 is 18.1 Å². The first-order chi connectivity index (χ1) is 9.55. The molecule has 108 valence electrons. The highest BCUT2D eigenvalue weighted by atomic mass is 31.2. The molecule has 0 fully saturated rings. The Morgan fingerprint density at radius 2 is 2.00 bits per heavy atom. The molecule has 0 aliphatic carbocycles. The van der Waals surface area contributed by atoms with Crippen molar-refractivity contribution < 1.29 is 4.57 Å². The van der Waals surface area contributed by atoms with Gasteiger partial charge in [0.2, 0.25) is 0 Å². The third kappa shape index (κ3) is 2.46. The van der Waals surface area contributed by atoms with Crippen LogP contribution in [0, 0.1) is 0 Å². The number of anilines is 1. The minimum atomic E-state index is -2.35. The molecular weight excluding hydrogens is 273 g/mol. The smallest absolute Gasteiger partial charge is 0.330 e. The molecule has 0 spiro atoms. The number of hydrogen-bond donors (Lipinski definition) is 2. The molecule has 20 heavy (non-hydrogen) atoms. The lowest BCUT2D eigenvalue weighted by atomic mass is 10.2. The van der Waals surface area contributed by atoms with Gasteiger partial charge in [0.15, 0.2) is 0 Å². The van der Waals surface area contributed by atoms with Crippen LogP contribution in [0.5, 0.6) is 0 Å². The molecule has 0 atom stereocenters. The second-order valence-electron chi connectivity index (χ2n) is 4.61. The zero-order valence-corrected chi connectivity index (χ0v) is 12.9. The molecule has 0 aliphatic rings. The van der Waals surface area contributed by atoms with E-state index in [0.29, 0.717) is 12.3 Å². The molecule has 0 aliphatic heterocycles. The average molecular weight is 293 g/mol. The normalized spacial score (nSPS) is 11.6. The zero-order valence-electron chi connectivity index (χ0n) is 12.0. The standard InChI is InChI=1S/C14H20N3O2P/c1-4-20(19,5-2)13-7-6-11(10-12(13)15-3)17-9-8-16-14(17)18/h6-10,15H,4-5H2,1-3H3,(H,16,18). The summed E-state index contributed by atoms with van der Waals surface area (Å²) in [6.45, 7) is 3.91. The summed E-state index contributed by atoms with van der Waals surface area (Å²) in [5, 5.41) is 3.95. The number of nitrogens with one attached hydrogen (secondary N) is 2. The summed E-state index contributed by atoms with van der Waals surface area (Å²) in [5.74, 6) is 0. The summed E-state index contributed by atoms with van der Waals surface area (Å²) in [7, 11) is -0.550. The maximum Gasteiger partial charge on any atom is 0.330 e. The number of aromatic nitrogens is 2. The van der Waals surface area contributed by atoms with Gasteiger partial charge in [-0.15, -0.1) is 0 Å². The molecule has 5 nitrogen and oxygen atoms in total. The number of benzene rings is 1. The lowest BCUT2D eigenvalue weighted by molar-refractivity contribution is 0.582. The van der Waals surface area contributed by atoms with E-state index in [1.807, 2.05) is 32.0 Å². The quantitative estimate of drug-likeness (QED) is 0.831. The van der Waals surface area contributed by atoms with E-state index in [4.69, 9.17) is 0 Å². The Balaban J connectivity index is 2.57. The highest BCUT2D eigenvalue weighted by Gasteiger charge is 2.23. The molecule has 6 heteroatoms. The van der Waals surface area contributed by atoms with E-state index in [9.17, 15) is 9.36 Å². The van der Waals surface area contributed by atoms with Crippen molar-refractivity contribution in [3.05, 3.63) is 41.1 Å². The number of rotatable bonds is 5. The van der Waals surface area contributed by atoms with Crippen molar-refractivity contribution in [1.29, 1.82) is 0 Å². The van der Waals surface area contributed by atoms with Gasteiger partial charge in [0.05, 0.1) is 5.69 Å². The number of hydrogen-bond acceptors (Lipinski definition) is 3. The van der Waals surface area contributed by atoms with Gasteiger partial charge in [-0.1, -0.05) is 13.8 Å². The molecule has 1 aromatic carbocycles. The second kappa shape index (κ2) is 5.71. The molecule has 0 bridgehead atoms. The van der Waals surface area contributed by atoms with Crippen molar-refractivity contribution in [3.8, 4) is 5.69 Å². The summed E-state index contributed by atoms with van der Waals surface area (Å²) >= 11 is 0. The van der Waals surface area contributed by atoms with Crippen molar-refractivity contribution in [3.63, 3.8) is 0 Å². The largest absolute Gasteiger partial charge is 0.387 e. The van der Waals surface area contributed by atoms with Gasteiger partial charge in [-0.3, -0.25) is 4.57 Å². The molecule has 0 unspecified atom stereocenters. The fourth-order valence-corrected chi connectivity index (χ4v) is 4.41. The highest BCUT2D eigenvalue weighted by molar-refractivity contribution is 7.71. The van der Waals surface area contributed by atoms with Gasteiger partial charge in [0.25, 0.3) is 0 Å². The van der Waals surface area contributed by atoms with Crippen LogP contribution in [0.25, 0.3) is 5.69 Å². The Morgan fingerprint density at radius 3 is 2.50 bits per heavy atom. The number of nitrogens with zero attached hydrogens (tertiary/aromatic N) is 1. The molecule has 2 aromatic rings. The molecule has 2 rings (SSSR count). The number of imidazole rings is 1. The van der Waals surface area contributed by atoms with Crippen LogP contribution in [-0.4, -0.2) is 28.9 Å². The van der Waals surface area contributed by atoms with Gasteiger partial charge in [0.1, 0.15) is 7.14 Å². The third-order valence-electron chi connectivity index (χ3n) is 3.64. The van der Waals surface area contributed by atoms with E-state index in [0.717, 1.165) is 16.7 Å². The first kappa shape index (κ1) is 14.7. The van der Waals surface area contributed by atoms with E-state index >= 15 is 0 Å². The Morgan fingerprint density at radius 1 is 1.30 bits per heavy atom. The molecule has 1 aromatic heterocycles. The molecule has 0 radical (unpaired) electrons. The van der Waals surface area contributed by atoms with Crippen LogP contribution in [0.1, 0.15) is 13.8 Å². The van der Waals surface area contributed by atoms with Crippen LogP contribution in [0.3, 0.4) is 0 Å². The van der Waals surface area contributed by atoms with Crippen LogP contribution >= 0.6 is 7.14 Å². The Kier molecular flexibility index (Phi) is 4.19. The Labute approximate surface area is 118 Å². The van der Waals surface area contributed by atoms with Crippen LogP contribution < -0.4 is 16.3 Å². The molecule has 1 heterocycles. The van der Waals surface area contributed by atoms with E-state index in [2.05, 4.69) is 10.3 Å². The van der Waals surface area contributed by atoms with Gasteiger partial charge in [-0.2, -0.15) is 0 Å². The van der Waals surface area contributed by atoms with E-state index < -0.39 is 7.14 Å². The summed E-state index contributed by atoms with van der Waals surface area (Å²) < 4.78 is 14.4. The van der Waals surface area contributed by atoms with Crippen molar-refractivity contribution in [2.45, 2.75) is 13.8 Å². The van der Waals surface area contributed by atoms with E-state index in [1.54, 1.807) is 19.4 Å². The van der Waals surface area contributed by atoms with Gasteiger partial charge in [-0.05, 0) is 18.2 Å². The van der Waals surface area contributed by atoms with E-state index in [1.165, 1.54) is 4.57 Å². The Hall–Kier alpha value is -1.74. The minimum absolute atomic E-state index is 0.186. The lowest BCUT2D eigenvalue weighted by Crippen LogP contribution is -2.18. The summed E-state index contributed by atoms with van der Waals surface area (Å²) in [6.07, 6.45) is 4.55. The Bertz CT molecular complexity index is 694. The fourth-order valence-electron chi connectivity index (χ4n) is 2.32. The predicted octanol–water partition coefficient (Wildman–Crippen LogP) is 2.24. The van der Waals surface area contributed by atoms with Gasteiger partial charge >= 0.3 is 5.69 Å². The molecule has 0 amide bonds. The van der Waals surface area contributed by atoms with Crippen LogP contribution in [0.4, 0.5) is 5.69 Å². The van der Waals surface area contributed by atoms with E-state index in [-0.39, 0.29) is 5.69 Å². The molecular formula is C14H20N3O2P. The van der Waals surface area contributed by atoms with Crippen LogP contribution in [-0.2, 0) is 4.57 Å². The lowest BCUT2D eigenvalue weighted by Gasteiger charge is -2.19. The minimum Gasteiger partial charge on any atom is -0.387 e. The summed E-state index contributed by atoms with van der Waals surface area (Å²) in [5.41, 5.74) is 1.39. The third-order valence-corrected chi connectivity index (χ3v) is 6.95. The van der Waals surface area contributed by atoms with Crippen molar-refractivity contribution in [1.82, 2.24) is 9.55 Å². The fraction of sp³-hybridized carbons (Fsp3) is 0.357. The van der Waals surface area contributed by atoms with Gasteiger partial charge < -0.3 is 14.9 Å². The van der Waals surface area contributed by atoms with Gasteiger partial charge in [0, 0.05) is 42.8 Å². The molecule has 0 saturated heterocycles. The molecule has 0 saturated carbocycles. The first-order valence-electron chi connectivity index (χ1n) is 6.72. The van der Waals surface area contributed by atoms with Crippen molar-refractivity contribution in [2.75, 3.05) is 24.7 Å². The SMILES string of the molecule is CCP(=O)(CC)c1ccc(-n2cc[nH]c2=O)cc1NC. The van der Waals surface area contributed by atoms with Crippen molar-refractivity contribution in [2.24, 2.45) is 0 Å². The number of H-pyrrole nitrogens is 1. The average Bonchev–Trinajstić information content (AvgIpc) is 2.92. The molecule has 2 N–H and O–H groups in total. The summed E-state index contributed by atoms with van der Waals surface area (Å²) in [4.78, 5) is 14.2. The predicted molar refractivity (Wildman–Crippen MR) is 84.3 cm³/mol. The highest BCUT2D eigenvalue weighted by Crippen LogP contribution is 2.45. The first-order valence-corrected chi connectivity index (χ1v) is 8.80. The maximum absolute atomic E-state index is 12.9. The maximum atomic E-state index is 12.9. The monoisotopic (exact) mass is 293 g/mol. The van der Waals surface area contributed by atoms with Crippen LogP contribution in [0.15, 0.2) is 35.4 Å². The van der Waals surface area contributed by atoms with Gasteiger partial charge in [-0.25, -0.2) is 4.79 Å². The second-order valence-corrected chi connectivity index (χ2v) is 8.13. The zero-order chi connectivity index (χ0) is 14.8. The summed E-state index contributed by atoms with van der Waals surface area (Å²) in [6, 6.07) is 5.57. The number of aromatic amines is 1. The van der Waals surface area contributed by atoms with Crippen LogP contribution in [0.2, 0.25) is 0 Å². The topological polar surface area (TPSA) is 66.9 Å².